The topological polar surface area (TPSA) is 63.4 Å². The second kappa shape index (κ2) is 5.44. The molecule has 7 rings (SSSR count). The Morgan fingerprint density at radius 3 is 1.82 bits per heavy atom. The Bertz CT molecular complexity index is 1020. The average Bonchev–Trinajstić information content (AvgIpc) is 2.99. The highest BCUT2D eigenvalue weighted by Gasteiger charge is 2.64. The lowest BCUT2D eigenvalue weighted by molar-refractivity contribution is -0.125. The van der Waals surface area contributed by atoms with Gasteiger partial charge in [0.05, 0.1) is 17.5 Å². The van der Waals surface area contributed by atoms with Crippen molar-refractivity contribution in [1.82, 2.24) is 0 Å². The van der Waals surface area contributed by atoms with Crippen molar-refractivity contribution in [2.75, 3.05) is 10.6 Å². The number of rotatable bonds is 1. The number of nitrogens with zero attached hydrogens (tertiary/aromatic N) is 1. The fourth-order valence-electron chi connectivity index (χ4n) is 6.14. The summed E-state index contributed by atoms with van der Waals surface area (Å²) in [5.74, 6) is -0.136. The van der Waals surface area contributed by atoms with E-state index in [4.69, 9.17) is 5.73 Å². The molecular weight excluding hydrogens is 348 g/mol. The van der Waals surface area contributed by atoms with Crippen LogP contribution in [0, 0.1) is 23.7 Å². The second-order valence-corrected chi connectivity index (χ2v) is 8.26. The van der Waals surface area contributed by atoms with Crippen molar-refractivity contribution >= 4 is 23.2 Å². The van der Waals surface area contributed by atoms with Gasteiger partial charge < -0.3 is 5.73 Å². The third kappa shape index (κ3) is 1.85. The van der Waals surface area contributed by atoms with Gasteiger partial charge in [0, 0.05) is 17.5 Å². The summed E-state index contributed by atoms with van der Waals surface area (Å²) in [5, 5.41) is 0. The Kier molecular flexibility index (Phi) is 3.09. The van der Waals surface area contributed by atoms with Crippen molar-refractivity contribution in [3.05, 3.63) is 84.0 Å². The van der Waals surface area contributed by atoms with Gasteiger partial charge >= 0.3 is 0 Å². The summed E-state index contributed by atoms with van der Waals surface area (Å²) in [6.45, 7) is 0. The SMILES string of the molecule is Nc1cccc(N2C(=O)[C@@H]3[C@H](C2=O)[C@H]2c4ccccc4[C@H]3[C@H]3C=CC=C[C@H]32)c1. The van der Waals surface area contributed by atoms with E-state index in [0.717, 1.165) is 0 Å². The first-order valence-electron chi connectivity index (χ1n) is 9.84. The molecule has 2 aromatic rings. The highest BCUT2D eigenvalue weighted by molar-refractivity contribution is 6.23. The van der Waals surface area contributed by atoms with Gasteiger partial charge in [-0.2, -0.15) is 0 Å². The third-order valence-corrected chi connectivity index (χ3v) is 7.07. The molecule has 1 saturated heterocycles. The molecule has 138 valence electrons. The Labute approximate surface area is 163 Å². The van der Waals surface area contributed by atoms with Crippen molar-refractivity contribution in [2.45, 2.75) is 11.8 Å². The van der Waals surface area contributed by atoms with Gasteiger partial charge in [0.2, 0.25) is 11.8 Å². The number of carbonyl (C=O) groups excluding carboxylic acids is 2. The number of nitrogens with two attached hydrogens (primary N) is 1. The van der Waals surface area contributed by atoms with Crippen LogP contribution in [0.4, 0.5) is 11.4 Å². The highest BCUT2D eigenvalue weighted by Crippen LogP contribution is 2.64. The van der Waals surface area contributed by atoms with Crippen molar-refractivity contribution in [1.29, 1.82) is 0 Å². The van der Waals surface area contributed by atoms with E-state index in [1.165, 1.54) is 16.0 Å². The first-order chi connectivity index (χ1) is 13.7. The number of hydrogen-bond acceptors (Lipinski definition) is 3. The van der Waals surface area contributed by atoms with Gasteiger partial charge in [0.25, 0.3) is 0 Å². The number of imide groups is 1. The monoisotopic (exact) mass is 368 g/mol. The van der Waals surface area contributed by atoms with Gasteiger partial charge in [-0.05, 0) is 41.2 Å². The highest BCUT2D eigenvalue weighted by atomic mass is 16.2. The Morgan fingerprint density at radius 1 is 0.714 bits per heavy atom. The minimum atomic E-state index is -0.300. The first-order valence-corrected chi connectivity index (χ1v) is 9.84. The zero-order valence-corrected chi connectivity index (χ0v) is 15.2. The van der Waals surface area contributed by atoms with Gasteiger partial charge in [0.15, 0.2) is 0 Å². The predicted octanol–water partition coefficient (Wildman–Crippen LogP) is 3.63. The Morgan fingerprint density at radius 2 is 1.29 bits per heavy atom. The molecule has 2 aromatic carbocycles. The number of carbonyl (C=O) groups is 2. The maximum Gasteiger partial charge on any atom is 0.238 e. The molecule has 2 N–H and O–H groups in total. The number of allylic oxidation sites excluding steroid dienone is 4. The van der Waals surface area contributed by atoms with Crippen LogP contribution >= 0.6 is 0 Å². The summed E-state index contributed by atoms with van der Waals surface area (Å²) in [6, 6.07) is 15.5. The summed E-state index contributed by atoms with van der Waals surface area (Å²) in [7, 11) is 0. The summed E-state index contributed by atoms with van der Waals surface area (Å²) in [4.78, 5) is 28.5. The smallest absolute Gasteiger partial charge is 0.238 e. The summed E-state index contributed by atoms with van der Waals surface area (Å²) < 4.78 is 0. The number of benzene rings is 2. The third-order valence-electron chi connectivity index (χ3n) is 7.07. The molecule has 2 bridgehead atoms. The lowest BCUT2D eigenvalue weighted by atomic mass is 9.48. The van der Waals surface area contributed by atoms with Crippen LogP contribution in [0.15, 0.2) is 72.8 Å². The molecule has 0 spiro atoms. The molecule has 0 radical (unpaired) electrons. The Balaban J connectivity index is 1.54. The number of nitrogen functional groups attached to an aromatic ring is 1. The van der Waals surface area contributed by atoms with Gasteiger partial charge in [-0.25, -0.2) is 4.90 Å². The van der Waals surface area contributed by atoms with Crippen molar-refractivity contribution in [2.24, 2.45) is 23.7 Å². The van der Waals surface area contributed by atoms with E-state index in [0.29, 0.717) is 11.4 Å². The molecule has 2 fully saturated rings. The molecule has 0 unspecified atom stereocenters. The fourth-order valence-corrected chi connectivity index (χ4v) is 6.14. The van der Waals surface area contributed by atoms with Gasteiger partial charge in [0.1, 0.15) is 0 Å². The number of hydrogen-bond donors (Lipinski definition) is 1. The zero-order valence-electron chi connectivity index (χ0n) is 15.2. The summed E-state index contributed by atoms with van der Waals surface area (Å²) in [5.41, 5.74) is 9.55. The molecule has 0 aromatic heterocycles. The van der Waals surface area contributed by atoms with Crippen LogP contribution < -0.4 is 10.6 Å². The summed E-state index contributed by atoms with van der Waals surface area (Å²) in [6.07, 6.45) is 8.62. The Hall–Kier alpha value is -3.14. The average molecular weight is 368 g/mol. The molecule has 4 aliphatic carbocycles. The van der Waals surface area contributed by atoms with Crippen LogP contribution in [-0.2, 0) is 9.59 Å². The molecule has 6 atom stereocenters. The molecule has 4 nitrogen and oxygen atoms in total. The lowest BCUT2D eigenvalue weighted by Gasteiger charge is -2.53. The molecular formula is C24H20N2O2. The minimum absolute atomic E-state index is 0.0416. The molecule has 4 heteroatoms. The van der Waals surface area contributed by atoms with E-state index >= 15 is 0 Å². The van der Waals surface area contributed by atoms with Crippen LogP contribution in [-0.4, -0.2) is 11.8 Å². The van der Waals surface area contributed by atoms with E-state index in [1.807, 2.05) is 12.1 Å². The molecule has 2 amide bonds. The van der Waals surface area contributed by atoms with E-state index in [2.05, 4.69) is 36.4 Å². The van der Waals surface area contributed by atoms with Crippen LogP contribution in [0.5, 0.6) is 0 Å². The molecule has 1 saturated carbocycles. The summed E-state index contributed by atoms with van der Waals surface area (Å²) >= 11 is 0. The van der Waals surface area contributed by atoms with Gasteiger partial charge in [-0.1, -0.05) is 54.6 Å². The first kappa shape index (κ1) is 15.9. The quantitative estimate of drug-likeness (QED) is 0.618. The van der Waals surface area contributed by atoms with Crippen LogP contribution in [0.3, 0.4) is 0 Å². The van der Waals surface area contributed by atoms with E-state index in [-0.39, 0.29) is 47.3 Å². The standard InChI is InChI=1S/C24H20N2O2/c25-13-6-5-7-14(12-13)26-23(27)21-19-15-8-1-2-9-16(15)20(22(21)24(26)28)18-11-4-3-10-17(18)19/h1-12,15-16,19-22H,25H2/t15-,16+,19-,20-,21-,22+/m1/s1. The van der Waals surface area contributed by atoms with Crippen LogP contribution in [0.2, 0.25) is 0 Å². The maximum atomic E-state index is 13.6. The number of anilines is 2. The maximum absolute atomic E-state index is 13.6. The van der Waals surface area contributed by atoms with Gasteiger partial charge in [-0.3, -0.25) is 9.59 Å². The van der Waals surface area contributed by atoms with Crippen LogP contribution in [0.25, 0.3) is 0 Å². The van der Waals surface area contributed by atoms with Crippen molar-refractivity contribution in [3.8, 4) is 0 Å². The van der Waals surface area contributed by atoms with Crippen molar-refractivity contribution < 1.29 is 9.59 Å². The van der Waals surface area contributed by atoms with Crippen LogP contribution in [0.1, 0.15) is 23.0 Å². The normalized spacial score (nSPS) is 34.4. The fraction of sp³-hybridized carbons (Fsp3) is 0.250. The lowest BCUT2D eigenvalue weighted by Crippen LogP contribution is -2.49. The zero-order chi connectivity index (χ0) is 19.0. The molecule has 5 aliphatic rings. The van der Waals surface area contributed by atoms with E-state index in [9.17, 15) is 9.59 Å². The molecule has 28 heavy (non-hydrogen) atoms. The largest absolute Gasteiger partial charge is 0.399 e. The van der Waals surface area contributed by atoms with Gasteiger partial charge in [-0.15, -0.1) is 0 Å². The second-order valence-electron chi connectivity index (χ2n) is 8.26. The van der Waals surface area contributed by atoms with E-state index < -0.39 is 0 Å². The number of amides is 2. The van der Waals surface area contributed by atoms with Crippen molar-refractivity contribution in [3.63, 3.8) is 0 Å². The molecule has 1 aliphatic heterocycles. The minimum Gasteiger partial charge on any atom is -0.399 e. The predicted molar refractivity (Wildman–Crippen MR) is 108 cm³/mol. The van der Waals surface area contributed by atoms with E-state index in [1.54, 1.807) is 24.3 Å². The molecule has 1 heterocycles.